The summed E-state index contributed by atoms with van der Waals surface area (Å²) in [4.78, 5) is 14.6. The van der Waals surface area contributed by atoms with Crippen molar-refractivity contribution in [3.63, 3.8) is 0 Å². The van der Waals surface area contributed by atoms with E-state index in [1.165, 1.54) is 0 Å². The number of piperazine rings is 1. The molecule has 2 N–H and O–H groups in total. The lowest BCUT2D eigenvalue weighted by Crippen LogP contribution is -2.66. The van der Waals surface area contributed by atoms with Crippen LogP contribution in [0.15, 0.2) is 12.4 Å². The molecule has 0 saturated carbocycles. The van der Waals surface area contributed by atoms with E-state index >= 15 is 0 Å². The number of hydrogen-bond acceptors (Lipinski definition) is 6. The van der Waals surface area contributed by atoms with Crippen molar-refractivity contribution in [2.45, 2.75) is 38.1 Å². The molecule has 4 rings (SSSR count). The summed E-state index contributed by atoms with van der Waals surface area (Å²) >= 11 is 0. The fourth-order valence-corrected chi connectivity index (χ4v) is 3.60. The van der Waals surface area contributed by atoms with E-state index in [9.17, 15) is 4.79 Å². The first-order chi connectivity index (χ1) is 11.6. The first-order valence-electron chi connectivity index (χ1n) is 8.58. The summed E-state index contributed by atoms with van der Waals surface area (Å²) < 4.78 is 1.75. The van der Waals surface area contributed by atoms with E-state index in [1.807, 2.05) is 0 Å². The zero-order valence-corrected chi connectivity index (χ0v) is 14.1. The molecule has 24 heavy (non-hydrogen) atoms. The van der Waals surface area contributed by atoms with E-state index in [4.69, 9.17) is 0 Å². The highest BCUT2D eigenvalue weighted by atomic mass is 16.2. The van der Waals surface area contributed by atoms with E-state index in [0.717, 1.165) is 49.5 Å². The molecular formula is C16H23N7O. The van der Waals surface area contributed by atoms with Crippen molar-refractivity contribution in [1.82, 2.24) is 30.4 Å². The Labute approximate surface area is 140 Å². The third kappa shape index (κ3) is 2.41. The maximum absolute atomic E-state index is 12.3. The highest BCUT2D eigenvalue weighted by molar-refractivity contribution is 5.87. The molecule has 0 unspecified atom stereocenters. The number of piperidine rings is 1. The second-order valence-electron chi connectivity index (χ2n) is 6.96. The van der Waals surface area contributed by atoms with E-state index < -0.39 is 5.54 Å². The average molecular weight is 329 g/mol. The Kier molecular flexibility index (Phi) is 3.64. The summed E-state index contributed by atoms with van der Waals surface area (Å²) in [5, 5.41) is 19.2. The molecule has 0 atom stereocenters. The topological polar surface area (TPSA) is 87.5 Å². The lowest BCUT2D eigenvalue weighted by Gasteiger charge is -2.44. The van der Waals surface area contributed by atoms with Crippen molar-refractivity contribution >= 4 is 17.2 Å². The largest absolute Gasteiger partial charge is 0.368 e. The molecule has 2 saturated heterocycles. The van der Waals surface area contributed by atoms with Gasteiger partial charge < -0.3 is 15.5 Å². The summed E-state index contributed by atoms with van der Waals surface area (Å²) in [6.07, 6.45) is 3.23. The minimum atomic E-state index is -0.410. The van der Waals surface area contributed by atoms with Gasteiger partial charge in [0.15, 0.2) is 0 Å². The van der Waals surface area contributed by atoms with Crippen molar-refractivity contribution < 1.29 is 4.79 Å². The Bertz CT molecular complexity index is 761. The average Bonchev–Trinajstić information content (AvgIpc) is 3.06. The number of nitrogens with zero attached hydrogens (tertiary/aromatic N) is 5. The lowest BCUT2D eigenvalue weighted by atomic mass is 9.85. The van der Waals surface area contributed by atoms with Gasteiger partial charge in [0.05, 0.1) is 11.4 Å². The van der Waals surface area contributed by atoms with Gasteiger partial charge in [-0.3, -0.25) is 4.79 Å². The zero-order valence-electron chi connectivity index (χ0n) is 14.1. The van der Waals surface area contributed by atoms with E-state index in [2.05, 4.69) is 50.7 Å². The van der Waals surface area contributed by atoms with Crippen molar-refractivity contribution in [1.29, 1.82) is 0 Å². The number of fused-ring (bicyclic) bond motifs is 1. The Morgan fingerprint density at radius 3 is 2.75 bits per heavy atom. The minimum Gasteiger partial charge on any atom is -0.368 e. The van der Waals surface area contributed by atoms with Crippen LogP contribution < -0.4 is 15.5 Å². The molecule has 8 nitrogen and oxygen atoms in total. The Morgan fingerprint density at radius 2 is 2.04 bits per heavy atom. The van der Waals surface area contributed by atoms with Crippen LogP contribution in [-0.2, 0) is 4.79 Å². The third-order valence-corrected chi connectivity index (χ3v) is 5.13. The number of hydrogen-bond donors (Lipinski definition) is 2. The number of aromatic nitrogens is 4. The predicted molar refractivity (Wildman–Crippen MR) is 90.1 cm³/mol. The molecule has 2 aromatic rings. The van der Waals surface area contributed by atoms with E-state index in [1.54, 1.807) is 10.8 Å². The standard InChI is InChI=1S/C16H23N7O/c1-11(2)12-9-13(14-20-19-10-23(14)21-12)22-7-3-16(4-8-22)15(24)17-5-6-18-16/h9-11,18H,3-8H2,1-2H3,(H,17,24). The third-order valence-electron chi connectivity index (χ3n) is 5.13. The Hall–Kier alpha value is -2.22. The van der Waals surface area contributed by atoms with Crippen LogP contribution in [0.3, 0.4) is 0 Å². The number of amides is 1. The number of rotatable bonds is 2. The van der Waals surface area contributed by atoms with Crippen molar-refractivity contribution in [3.8, 4) is 0 Å². The van der Waals surface area contributed by atoms with Crippen LogP contribution in [-0.4, -0.2) is 57.4 Å². The molecular weight excluding hydrogens is 306 g/mol. The van der Waals surface area contributed by atoms with Crippen LogP contribution in [0.5, 0.6) is 0 Å². The fourth-order valence-electron chi connectivity index (χ4n) is 3.60. The molecule has 0 aromatic carbocycles. The van der Waals surface area contributed by atoms with Crippen LogP contribution >= 0.6 is 0 Å². The van der Waals surface area contributed by atoms with Crippen LogP contribution in [0.4, 0.5) is 5.69 Å². The maximum Gasteiger partial charge on any atom is 0.240 e. The molecule has 1 amide bonds. The smallest absolute Gasteiger partial charge is 0.240 e. The highest BCUT2D eigenvalue weighted by Crippen LogP contribution is 2.30. The number of nitrogens with one attached hydrogen (secondary N) is 2. The van der Waals surface area contributed by atoms with Crippen LogP contribution in [0.25, 0.3) is 5.65 Å². The first kappa shape index (κ1) is 15.3. The molecule has 2 fully saturated rings. The van der Waals surface area contributed by atoms with Gasteiger partial charge in [-0.2, -0.15) is 9.61 Å². The molecule has 2 aliphatic rings. The highest BCUT2D eigenvalue weighted by Gasteiger charge is 2.42. The fraction of sp³-hybridized carbons (Fsp3) is 0.625. The molecule has 0 aliphatic carbocycles. The van der Waals surface area contributed by atoms with Crippen molar-refractivity contribution in [3.05, 3.63) is 18.1 Å². The van der Waals surface area contributed by atoms with Gasteiger partial charge in [-0.1, -0.05) is 13.8 Å². The summed E-state index contributed by atoms with van der Waals surface area (Å²) in [6.45, 7) is 7.43. The van der Waals surface area contributed by atoms with Gasteiger partial charge in [0.2, 0.25) is 11.6 Å². The molecule has 8 heteroatoms. The van der Waals surface area contributed by atoms with E-state index in [0.29, 0.717) is 12.5 Å². The van der Waals surface area contributed by atoms with Crippen molar-refractivity contribution in [2.24, 2.45) is 0 Å². The zero-order chi connectivity index (χ0) is 16.7. The molecule has 4 heterocycles. The SMILES string of the molecule is CC(C)c1cc(N2CCC3(CC2)NCCNC3=O)c2nncn2n1. The van der Waals surface area contributed by atoms with Crippen LogP contribution in [0, 0.1) is 0 Å². The summed E-state index contributed by atoms with van der Waals surface area (Å²) in [5.41, 5.74) is 2.44. The molecule has 1 spiro atoms. The normalized spacial score (nSPS) is 20.8. The van der Waals surface area contributed by atoms with Gasteiger partial charge in [0.25, 0.3) is 0 Å². The first-order valence-corrected chi connectivity index (χ1v) is 8.58. The van der Waals surface area contributed by atoms with Gasteiger partial charge in [0.1, 0.15) is 11.9 Å². The van der Waals surface area contributed by atoms with E-state index in [-0.39, 0.29) is 5.91 Å². The summed E-state index contributed by atoms with van der Waals surface area (Å²) in [7, 11) is 0. The second-order valence-corrected chi connectivity index (χ2v) is 6.96. The Morgan fingerprint density at radius 1 is 1.25 bits per heavy atom. The summed E-state index contributed by atoms with van der Waals surface area (Å²) in [6, 6.07) is 2.11. The minimum absolute atomic E-state index is 0.138. The molecule has 2 aromatic heterocycles. The van der Waals surface area contributed by atoms with Gasteiger partial charge in [-0.05, 0) is 24.8 Å². The van der Waals surface area contributed by atoms with Gasteiger partial charge in [-0.15, -0.1) is 10.2 Å². The Balaban J connectivity index is 1.62. The number of carbonyl (C=O) groups excluding carboxylic acids is 1. The van der Waals surface area contributed by atoms with Crippen LogP contribution in [0.2, 0.25) is 0 Å². The van der Waals surface area contributed by atoms with Crippen molar-refractivity contribution in [2.75, 3.05) is 31.1 Å². The number of carbonyl (C=O) groups is 1. The monoisotopic (exact) mass is 329 g/mol. The predicted octanol–water partition coefficient (Wildman–Crippen LogP) is 0.306. The molecule has 0 radical (unpaired) electrons. The number of anilines is 1. The molecule has 0 bridgehead atoms. The lowest BCUT2D eigenvalue weighted by molar-refractivity contribution is -0.130. The summed E-state index contributed by atoms with van der Waals surface area (Å²) in [5.74, 6) is 0.469. The van der Waals surface area contributed by atoms with Crippen LogP contribution in [0.1, 0.15) is 38.3 Å². The second kappa shape index (κ2) is 5.70. The molecule has 128 valence electrons. The van der Waals surface area contributed by atoms with Gasteiger partial charge in [0, 0.05) is 26.2 Å². The van der Waals surface area contributed by atoms with Gasteiger partial charge in [-0.25, -0.2) is 0 Å². The molecule has 2 aliphatic heterocycles. The van der Waals surface area contributed by atoms with Gasteiger partial charge >= 0.3 is 0 Å². The maximum atomic E-state index is 12.3. The quantitative estimate of drug-likeness (QED) is 0.824.